The third-order valence-electron chi connectivity index (χ3n) is 2.46. The van der Waals surface area contributed by atoms with Crippen LogP contribution in [0.15, 0.2) is 28.8 Å². The SMILES string of the molecule is C[C@H](O)c1onc(-c2ccc(Cl)cc2)c1C(N)=O. The molecule has 3 N–H and O–H groups in total. The maximum absolute atomic E-state index is 11.4. The summed E-state index contributed by atoms with van der Waals surface area (Å²) in [6.07, 6.45) is -0.957. The maximum atomic E-state index is 11.4. The molecule has 1 aromatic carbocycles. The van der Waals surface area contributed by atoms with E-state index < -0.39 is 12.0 Å². The van der Waals surface area contributed by atoms with Gasteiger partial charge in [0.1, 0.15) is 17.4 Å². The highest BCUT2D eigenvalue weighted by atomic mass is 35.5. The number of aromatic nitrogens is 1. The Balaban J connectivity index is 2.58. The average Bonchev–Trinajstić information content (AvgIpc) is 2.74. The lowest BCUT2D eigenvalue weighted by Gasteiger charge is -2.02. The Morgan fingerprint density at radius 2 is 2.06 bits per heavy atom. The van der Waals surface area contributed by atoms with Crippen LogP contribution in [0, 0.1) is 0 Å². The molecule has 0 fully saturated rings. The van der Waals surface area contributed by atoms with E-state index in [0.717, 1.165) is 0 Å². The van der Waals surface area contributed by atoms with Gasteiger partial charge < -0.3 is 15.4 Å². The summed E-state index contributed by atoms with van der Waals surface area (Å²) in [6.45, 7) is 1.47. The van der Waals surface area contributed by atoms with Gasteiger partial charge in [-0.1, -0.05) is 28.9 Å². The Bertz CT molecular complexity index is 576. The number of carbonyl (C=O) groups excluding carboxylic acids is 1. The van der Waals surface area contributed by atoms with Gasteiger partial charge in [0.05, 0.1) is 0 Å². The number of rotatable bonds is 3. The van der Waals surface area contributed by atoms with Crippen LogP contribution in [-0.2, 0) is 0 Å². The number of aliphatic hydroxyl groups is 1. The lowest BCUT2D eigenvalue weighted by molar-refractivity contribution is 0.0987. The molecule has 0 saturated heterocycles. The molecule has 2 aromatic rings. The van der Waals surface area contributed by atoms with E-state index in [-0.39, 0.29) is 11.3 Å². The van der Waals surface area contributed by atoms with E-state index in [4.69, 9.17) is 21.9 Å². The number of hydrogen-bond donors (Lipinski definition) is 2. The first kappa shape index (κ1) is 12.6. The van der Waals surface area contributed by atoms with Crippen LogP contribution in [0.3, 0.4) is 0 Å². The predicted octanol–water partition coefficient (Wildman–Crippen LogP) is 2.15. The standard InChI is InChI=1S/C12H11ClN2O3/c1-6(16)11-9(12(14)17)10(15-18-11)7-2-4-8(13)5-3-7/h2-6,16H,1H3,(H2,14,17)/t6-/m0/s1. The van der Waals surface area contributed by atoms with Crippen LogP contribution in [0.4, 0.5) is 0 Å². The average molecular weight is 267 g/mol. The number of aliphatic hydroxyl groups excluding tert-OH is 1. The first-order chi connectivity index (χ1) is 8.50. The van der Waals surface area contributed by atoms with Crippen molar-refractivity contribution >= 4 is 17.5 Å². The number of carbonyl (C=O) groups is 1. The fourth-order valence-electron chi connectivity index (χ4n) is 1.63. The highest BCUT2D eigenvalue weighted by molar-refractivity contribution is 6.30. The number of benzene rings is 1. The zero-order valence-electron chi connectivity index (χ0n) is 9.55. The Hall–Kier alpha value is -1.85. The zero-order valence-corrected chi connectivity index (χ0v) is 10.3. The summed E-state index contributed by atoms with van der Waals surface area (Å²) >= 11 is 5.78. The van der Waals surface area contributed by atoms with Gasteiger partial charge in [-0.15, -0.1) is 0 Å². The number of amides is 1. The van der Waals surface area contributed by atoms with Crippen LogP contribution in [0.25, 0.3) is 11.3 Å². The summed E-state index contributed by atoms with van der Waals surface area (Å²) in [5.41, 5.74) is 6.32. The molecule has 1 heterocycles. The molecule has 6 heteroatoms. The Labute approximate surface area is 108 Å². The first-order valence-electron chi connectivity index (χ1n) is 5.24. The van der Waals surface area contributed by atoms with Crippen LogP contribution < -0.4 is 5.73 Å². The molecule has 0 unspecified atom stereocenters. The summed E-state index contributed by atoms with van der Waals surface area (Å²) in [5.74, 6) is -0.635. The number of primary amides is 1. The lowest BCUT2D eigenvalue weighted by Crippen LogP contribution is -2.14. The van der Waals surface area contributed by atoms with Crippen molar-refractivity contribution in [2.75, 3.05) is 0 Å². The van der Waals surface area contributed by atoms with Crippen LogP contribution in [-0.4, -0.2) is 16.2 Å². The van der Waals surface area contributed by atoms with Gasteiger partial charge in [0.15, 0.2) is 5.76 Å². The van der Waals surface area contributed by atoms with Crippen molar-refractivity contribution in [2.45, 2.75) is 13.0 Å². The second-order valence-electron chi connectivity index (χ2n) is 3.82. The number of nitrogens with zero attached hydrogens (tertiary/aromatic N) is 1. The Morgan fingerprint density at radius 1 is 1.44 bits per heavy atom. The largest absolute Gasteiger partial charge is 0.385 e. The second-order valence-corrected chi connectivity index (χ2v) is 4.25. The van der Waals surface area contributed by atoms with E-state index in [1.165, 1.54) is 6.92 Å². The van der Waals surface area contributed by atoms with Gasteiger partial charge in [0.25, 0.3) is 5.91 Å². The molecule has 2 rings (SSSR count). The normalized spacial score (nSPS) is 12.4. The Morgan fingerprint density at radius 3 is 2.56 bits per heavy atom. The van der Waals surface area contributed by atoms with E-state index in [9.17, 15) is 9.90 Å². The van der Waals surface area contributed by atoms with E-state index in [0.29, 0.717) is 16.3 Å². The summed E-state index contributed by atoms with van der Waals surface area (Å²) < 4.78 is 4.97. The van der Waals surface area contributed by atoms with Crippen LogP contribution in [0.1, 0.15) is 29.1 Å². The maximum Gasteiger partial charge on any atom is 0.254 e. The molecule has 5 nitrogen and oxygen atoms in total. The lowest BCUT2D eigenvalue weighted by atomic mass is 10.0. The summed E-state index contributed by atoms with van der Waals surface area (Å²) in [6, 6.07) is 6.72. The van der Waals surface area contributed by atoms with Crippen LogP contribution in [0.2, 0.25) is 5.02 Å². The van der Waals surface area contributed by atoms with Crippen molar-refractivity contribution in [1.82, 2.24) is 5.16 Å². The quantitative estimate of drug-likeness (QED) is 0.891. The first-order valence-corrected chi connectivity index (χ1v) is 5.62. The van der Waals surface area contributed by atoms with Gasteiger partial charge in [0, 0.05) is 10.6 Å². The van der Waals surface area contributed by atoms with Gasteiger partial charge in [0.2, 0.25) is 0 Å². The van der Waals surface area contributed by atoms with Crippen molar-refractivity contribution in [1.29, 1.82) is 0 Å². The molecule has 0 bridgehead atoms. The molecule has 0 spiro atoms. The van der Waals surface area contributed by atoms with Crippen molar-refractivity contribution in [3.05, 3.63) is 40.6 Å². The number of halogens is 1. The van der Waals surface area contributed by atoms with Gasteiger partial charge >= 0.3 is 0 Å². The summed E-state index contributed by atoms with van der Waals surface area (Å²) in [5, 5.41) is 13.8. The molecule has 1 amide bonds. The van der Waals surface area contributed by atoms with Crippen molar-refractivity contribution in [3.8, 4) is 11.3 Å². The van der Waals surface area contributed by atoms with Crippen molar-refractivity contribution in [3.63, 3.8) is 0 Å². The minimum absolute atomic E-state index is 0.0625. The predicted molar refractivity (Wildman–Crippen MR) is 66.1 cm³/mol. The van der Waals surface area contributed by atoms with E-state index in [2.05, 4.69) is 5.16 Å². The smallest absolute Gasteiger partial charge is 0.254 e. The second kappa shape index (κ2) is 4.80. The van der Waals surface area contributed by atoms with Gasteiger partial charge in [-0.2, -0.15) is 0 Å². The van der Waals surface area contributed by atoms with E-state index in [1.54, 1.807) is 24.3 Å². The minimum atomic E-state index is -0.957. The van der Waals surface area contributed by atoms with Gasteiger partial charge in [-0.25, -0.2) is 0 Å². The van der Waals surface area contributed by atoms with Crippen molar-refractivity contribution < 1.29 is 14.4 Å². The summed E-state index contributed by atoms with van der Waals surface area (Å²) in [7, 11) is 0. The van der Waals surface area contributed by atoms with Crippen molar-refractivity contribution in [2.24, 2.45) is 5.73 Å². The topological polar surface area (TPSA) is 89.3 Å². The molecular formula is C12H11ClN2O3. The highest BCUT2D eigenvalue weighted by Crippen LogP contribution is 2.29. The molecule has 0 radical (unpaired) electrons. The minimum Gasteiger partial charge on any atom is -0.385 e. The third kappa shape index (κ3) is 2.23. The fraction of sp³-hybridized carbons (Fsp3) is 0.167. The molecule has 0 aliphatic carbocycles. The monoisotopic (exact) mass is 266 g/mol. The van der Waals surface area contributed by atoms with E-state index >= 15 is 0 Å². The third-order valence-corrected chi connectivity index (χ3v) is 2.71. The molecule has 0 saturated carbocycles. The molecule has 0 aliphatic heterocycles. The van der Waals surface area contributed by atoms with Gasteiger partial charge in [-0.05, 0) is 19.1 Å². The van der Waals surface area contributed by atoms with Crippen LogP contribution >= 0.6 is 11.6 Å². The molecular weight excluding hydrogens is 256 g/mol. The van der Waals surface area contributed by atoms with E-state index in [1.807, 2.05) is 0 Å². The van der Waals surface area contributed by atoms with Gasteiger partial charge in [-0.3, -0.25) is 4.79 Å². The Kier molecular flexibility index (Phi) is 3.36. The highest BCUT2D eigenvalue weighted by Gasteiger charge is 2.24. The fourth-order valence-corrected chi connectivity index (χ4v) is 1.76. The molecule has 1 aromatic heterocycles. The molecule has 94 valence electrons. The molecule has 1 atom stereocenters. The summed E-state index contributed by atoms with van der Waals surface area (Å²) in [4.78, 5) is 11.4. The molecule has 0 aliphatic rings. The zero-order chi connectivity index (χ0) is 13.3. The molecule has 18 heavy (non-hydrogen) atoms. The number of nitrogens with two attached hydrogens (primary N) is 1. The van der Waals surface area contributed by atoms with Crippen LogP contribution in [0.5, 0.6) is 0 Å². The number of hydrogen-bond acceptors (Lipinski definition) is 4.